The van der Waals surface area contributed by atoms with Crippen LogP contribution in [0.15, 0.2) is 24.5 Å². The van der Waals surface area contributed by atoms with Crippen LogP contribution in [0.4, 0.5) is 19.0 Å². The van der Waals surface area contributed by atoms with E-state index in [1.807, 2.05) is 0 Å². The van der Waals surface area contributed by atoms with E-state index in [9.17, 15) is 23.1 Å². The molecule has 2 aliphatic rings. The number of aliphatic hydroxyl groups excluding tert-OH is 1. The number of fused-ring (bicyclic) bond motifs is 1. The Labute approximate surface area is 146 Å². The number of hydrogen-bond donors (Lipinski definition) is 2. The SMILES string of the molecule is CC1(C)OC2[C@H](n3nccc3N/C=C/C(=O)C(F)(F)F)O[C@H](CO)[C@H]2O1. The monoisotopic (exact) mass is 377 g/mol. The van der Waals surface area contributed by atoms with Crippen LogP contribution in [0.1, 0.15) is 20.1 Å². The minimum Gasteiger partial charge on any atom is -0.394 e. The fourth-order valence-corrected chi connectivity index (χ4v) is 2.93. The summed E-state index contributed by atoms with van der Waals surface area (Å²) in [5.74, 6) is -2.57. The molecule has 0 aromatic carbocycles. The zero-order valence-electron chi connectivity index (χ0n) is 13.9. The van der Waals surface area contributed by atoms with Crippen molar-refractivity contribution >= 4 is 11.6 Å². The van der Waals surface area contributed by atoms with Gasteiger partial charge in [-0.05, 0) is 13.8 Å². The molecule has 3 heterocycles. The van der Waals surface area contributed by atoms with E-state index >= 15 is 0 Å². The second kappa shape index (κ2) is 6.65. The third-order valence-corrected chi connectivity index (χ3v) is 3.96. The lowest BCUT2D eigenvalue weighted by Crippen LogP contribution is -2.31. The van der Waals surface area contributed by atoms with Crippen molar-refractivity contribution in [2.75, 3.05) is 11.9 Å². The highest BCUT2D eigenvalue weighted by Gasteiger charge is 2.56. The number of alkyl halides is 3. The molecule has 26 heavy (non-hydrogen) atoms. The van der Waals surface area contributed by atoms with E-state index in [0.717, 1.165) is 6.20 Å². The maximum absolute atomic E-state index is 12.2. The Bertz CT molecular complexity index is 703. The third-order valence-electron chi connectivity index (χ3n) is 3.96. The summed E-state index contributed by atoms with van der Waals surface area (Å²) < 4.78 is 55.3. The van der Waals surface area contributed by atoms with E-state index in [4.69, 9.17) is 14.2 Å². The Hall–Kier alpha value is -1.95. The first-order chi connectivity index (χ1) is 12.1. The van der Waals surface area contributed by atoms with Gasteiger partial charge < -0.3 is 24.6 Å². The van der Waals surface area contributed by atoms with Crippen LogP contribution in [0.25, 0.3) is 0 Å². The van der Waals surface area contributed by atoms with Gasteiger partial charge >= 0.3 is 6.18 Å². The number of allylic oxidation sites excluding steroid dienone is 1. The molecular weight excluding hydrogens is 359 g/mol. The number of aromatic nitrogens is 2. The summed E-state index contributed by atoms with van der Waals surface area (Å²) in [7, 11) is 0. The number of ether oxygens (including phenoxy) is 3. The maximum Gasteiger partial charge on any atom is 0.454 e. The molecule has 11 heteroatoms. The number of halogens is 3. The number of aliphatic hydroxyl groups is 1. The van der Waals surface area contributed by atoms with Crippen molar-refractivity contribution in [2.24, 2.45) is 0 Å². The van der Waals surface area contributed by atoms with Crippen LogP contribution in [-0.4, -0.2) is 57.6 Å². The smallest absolute Gasteiger partial charge is 0.394 e. The van der Waals surface area contributed by atoms with Gasteiger partial charge in [-0.3, -0.25) is 4.79 Å². The molecular formula is C15H18F3N3O5. The van der Waals surface area contributed by atoms with Crippen LogP contribution in [0.3, 0.4) is 0 Å². The minimum absolute atomic E-state index is 0.284. The van der Waals surface area contributed by atoms with Crippen molar-refractivity contribution in [1.82, 2.24) is 9.78 Å². The normalized spacial score (nSPS) is 30.7. The van der Waals surface area contributed by atoms with Crippen molar-refractivity contribution < 1.29 is 37.3 Å². The molecule has 2 N–H and O–H groups in total. The van der Waals surface area contributed by atoms with Gasteiger partial charge in [0.1, 0.15) is 24.1 Å². The third kappa shape index (κ3) is 3.61. The fraction of sp³-hybridized carbons (Fsp3) is 0.600. The zero-order valence-corrected chi connectivity index (χ0v) is 13.9. The lowest BCUT2D eigenvalue weighted by Gasteiger charge is -2.24. The molecule has 1 aromatic rings. The second-order valence-electron chi connectivity index (χ2n) is 6.31. The summed E-state index contributed by atoms with van der Waals surface area (Å²) in [6.07, 6.45) is -4.75. The van der Waals surface area contributed by atoms with Crippen molar-refractivity contribution in [2.45, 2.75) is 50.4 Å². The molecule has 1 unspecified atom stereocenters. The molecule has 0 amide bonds. The van der Waals surface area contributed by atoms with E-state index in [0.29, 0.717) is 6.08 Å². The van der Waals surface area contributed by atoms with E-state index < -0.39 is 42.3 Å². The Morgan fingerprint density at radius 1 is 1.42 bits per heavy atom. The standard InChI is InChI=1S/C15H18F3N3O5/c1-14(2)25-11-8(7-22)24-13(12(11)26-14)21-10(4-6-20-21)19-5-3-9(23)15(16,17)18/h3-6,8,11-13,19,22H,7H2,1-2H3/b5-3+/t8-,11-,12?,13-/m1/s1. The second-order valence-corrected chi connectivity index (χ2v) is 6.31. The quantitative estimate of drug-likeness (QED) is 0.748. The number of anilines is 1. The van der Waals surface area contributed by atoms with Crippen LogP contribution < -0.4 is 5.32 Å². The summed E-state index contributed by atoms with van der Waals surface area (Å²) >= 11 is 0. The van der Waals surface area contributed by atoms with Crippen molar-refractivity contribution in [3.63, 3.8) is 0 Å². The molecule has 2 aliphatic heterocycles. The number of hydrogen-bond acceptors (Lipinski definition) is 7. The van der Waals surface area contributed by atoms with Crippen LogP contribution in [0, 0.1) is 0 Å². The van der Waals surface area contributed by atoms with E-state index in [1.54, 1.807) is 13.8 Å². The molecule has 2 fully saturated rings. The molecule has 0 spiro atoms. The summed E-state index contributed by atoms with van der Waals surface area (Å²) in [6.45, 7) is 3.16. The maximum atomic E-state index is 12.2. The molecule has 0 aliphatic carbocycles. The minimum atomic E-state index is -4.94. The molecule has 0 bridgehead atoms. The van der Waals surface area contributed by atoms with Gasteiger partial charge in [0.25, 0.3) is 5.78 Å². The number of carbonyl (C=O) groups excluding carboxylic acids is 1. The Morgan fingerprint density at radius 2 is 2.12 bits per heavy atom. The largest absolute Gasteiger partial charge is 0.454 e. The van der Waals surface area contributed by atoms with Crippen LogP contribution >= 0.6 is 0 Å². The molecule has 3 rings (SSSR count). The average Bonchev–Trinajstić information content (AvgIpc) is 3.19. The average molecular weight is 377 g/mol. The first-order valence-corrected chi connectivity index (χ1v) is 7.82. The molecule has 2 saturated heterocycles. The van der Waals surface area contributed by atoms with Gasteiger partial charge in [-0.2, -0.15) is 18.3 Å². The fourth-order valence-electron chi connectivity index (χ4n) is 2.93. The Kier molecular flexibility index (Phi) is 4.82. The van der Waals surface area contributed by atoms with Crippen LogP contribution in [0.2, 0.25) is 0 Å². The number of nitrogens with zero attached hydrogens (tertiary/aromatic N) is 2. The van der Waals surface area contributed by atoms with Crippen LogP contribution in [0.5, 0.6) is 0 Å². The summed E-state index contributed by atoms with van der Waals surface area (Å²) in [6, 6.07) is 1.49. The number of ketones is 1. The van der Waals surface area contributed by atoms with Gasteiger partial charge in [0.2, 0.25) is 0 Å². The topological polar surface area (TPSA) is 94.8 Å². The predicted molar refractivity (Wildman–Crippen MR) is 80.9 cm³/mol. The number of nitrogens with one attached hydrogen (secondary N) is 1. The molecule has 8 nitrogen and oxygen atoms in total. The highest BCUT2D eigenvalue weighted by Crippen LogP contribution is 2.43. The highest BCUT2D eigenvalue weighted by molar-refractivity contribution is 5.94. The number of carbonyl (C=O) groups is 1. The summed E-state index contributed by atoms with van der Waals surface area (Å²) in [4.78, 5) is 10.9. The molecule has 1 aromatic heterocycles. The first kappa shape index (κ1) is 18.8. The lowest BCUT2D eigenvalue weighted by atomic mass is 10.1. The highest BCUT2D eigenvalue weighted by atomic mass is 19.4. The van der Waals surface area contributed by atoms with E-state index in [1.165, 1.54) is 16.9 Å². The van der Waals surface area contributed by atoms with Gasteiger partial charge in [-0.25, -0.2) is 4.68 Å². The van der Waals surface area contributed by atoms with Crippen molar-refractivity contribution in [3.05, 3.63) is 24.5 Å². The Balaban J connectivity index is 1.76. The van der Waals surface area contributed by atoms with Crippen molar-refractivity contribution in [1.29, 1.82) is 0 Å². The molecule has 0 radical (unpaired) electrons. The van der Waals surface area contributed by atoms with Gasteiger partial charge in [-0.1, -0.05) is 0 Å². The predicted octanol–water partition coefficient (Wildman–Crippen LogP) is 1.35. The summed E-state index contributed by atoms with van der Waals surface area (Å²) in [5.41, 5.74) is 0. The van der Waals surface area contributed by atoms with Gasteiger partial charge in [0, 0.05) is 18.3 Å². The van der Waals surface area contributed by atoms with Crippen LogP contribution in [-0.2, 0) is 19.0 Å². The van der Waals surface area contributed by atoms with Gasteiger partial charge in [0.15, 0.2) is 12.0 Å². The first-order valence-electron chi connectivity index (χ1n) is 7.82. The lowest BCUT2D eigenvalue weighted by molar-refractivity contribution is -0.201. The molecule has 4 atom stereocenters. The molecule has 144 valence electrons. The number of rotatable bonds is 5. The summed E-state index contributed by atoms with van der Waals surface area (Å²) in [5, 5.41) is 16.1. The Morgan fingerprint density at radius 3 is 2.77 bits per heavy atom. The molecule has 0 saturated carbocycles. The van der Waals surface area contributed by atoms with Gasteiger partial charge in [-0.15, -0.1) is 0 Å². The van der Waals surface area contributed by atoms with Gasteiger partial charge in [0.05, 0.1) is 12.8 Å². The van der Waals surface area contributed by atoms with E-state index in [2.05, 4.69) is 10.4 Å². The zero-order chi connectivity index (χ0) is 19.1. The van der Waals surface area contributed by atoms with E-state index in [-0.39, 0.29) is 12.4 Å². The van der Waals surface area contributed by atoms with Crippen molar-refractivity contribution in [3.8, 4) is 0 Å².